The summed E-state index contributed by atoms with van der Waals surface area (Å²) in [7, 11) is 1.47. The predicted octanol–water partition coefficient (Wildman–Crippen LogP) is 2.71. The third kappa shape index (κ3) is 4.61. The summed E-state index contributed by atoms with van der Waals surface area (Å²) in [6.07, 6.45) is 1.45. The Kier molecular flexibility index (Phi) is 5.81. The van der Waals surface area contributed by atoms with Crippen molar-refractivity contribution < 1.29 is 19.1 Å². The van der Waals surface area contributed by atoms with Crippen molar-refractivity contribution in [2.24, 2.45) is 5.10 Å². The number of carbonyl (C=O) groups excluding carboxylic acids is 2. The molecule has 0 saturated carbocycles. The van der Waals surface area contributed by atoms with E-state index in [9.17, 15) is 9.59 Å². The van der Waals surface area contributed by atoms with Crippen LogP contribution in [0.25, 0.3) is 0 Å². The molecule has 0 radical (unpaired) electrons. The Labute approximate surface area is 161 Å². The van der Waals surface area contributed by atoms with Crippen LogP contribution >= 0.6 is 0 Å². The highest BCUT2D eigenvalue weighted by Gasteiger charge is 2.12. The van der Waals surface area contributed by atoms with Gasteiger partial charge in [0.1, 0.15) is 0 Å². The molecule has 3 rings (SSSR count). The molecule has 8 nitrogen and oxygen atoms in total. The van der Waals surface area contributed by atoms with E-state index in [4.69, 9.17) is 9.47 Å². The van der Waals surface area contributed by atoms with Gasteiger partial charge in [0.05, 0.1) is 18.9 Å². The molecule has 0 bridgehead atoms. The van der Waals surface area contributed by atoms with Gasteiger partial charge in [-0.1, -0.05) is 18.2 Å². The fourth-order valence-corrected chi connectivity index (χ4v) is 2.34. The molecule has 0 saturated heterocycles. The normalized spacial score (nSPS) is 10.6. The summed E-state index contributed by atoms with van der Waals surface area (Å²) in [6, 6.07) is 15.2. The van der Waals surface area contributed by atoms with E-state index < -0.39 is 11.9 Å². The molecule has 28 heavy (non-hydrogen) atoms. The number of aromatic amines is 1. The maximum atomic E-state index is 12.2. The van der Waals surface area contributed by atoms with Gasteiger partial charge in [-0.25, -0.2) is 10.2 Å². The molecule has 0 unspecified atom stereocenters. The van der Waals surface area contributed by atoms with Gasteiger partial charge >= 0.3 is 5.97 Å². The summed E-state index contributed by atoms with van der Waals surface area (Å²) in [5, 5.41) is 10.4. The Bertz CT molecular complexity index is 1010. The van der Waals surface area contributed by atoms with Crippen LogP contribution in [0.15, 0.2) is 59.7 Å². The number of hydrogen-bond donors (Lipinski definition) is 2. The Hall–Kier alpha value is -3.94. The van der Waals surface area contributed by atoms with Crippen LogP contribution in [0.3, 0.4) is 0 Å². The number of amides is 1. The fourth-order valence-electron chi connectivity index (χ4n) is 2.34. The topological polar surface area (TPSA) is 106 Å². The van der Waals surface area contributed by atoms with E-state index in [1.165, 1.54) is 13.3 Å². The first-order valence-electron chi connectivity index (χ1n) is 8.37. The Morgan fingerprint density at radius 2 is 1.89 bits per heavy atom. The molecule has 8 heteroatoms. The summed E-state index contributed by atoms with van der Waals surface area (Å²) < 4.78 is 10.7. The van der Waals surface area contributed by atoms with E-state index in [0.717, 1.165) is 5.69 Å². The number of methoxy groups -OCH3 is 1. The number of benzene rings is 2. The Balaban J connectivity index is 1.67. The van der Waals surface area contributed by atoms with Gasteiger partial charge < -0.3 is 9.47 Å². The third-order valence-corrected chi connectivity index (χ3v) is 3.72. The van der Waals surface area contributed by atoms with E-state index in [2.05, 4.69) is 20.7 Å². The van der Waals surface area contributed by atoms with Crippen LogP contribution in [-0.2, 0) is 0 Å². The third-order valence-electron chi connectivity index (χ3n) is 3.72. The zero-order valence-corrected chi connectivity index (χ0v) is 15.3. The molecule has 1 heterocycles. The first-order chi connectivity index (χ1) is 13.6. The SMILES string of the molecule is COc1cc(/C=N/NC(=O)c2cc(C)[nH]n2)ccc1OC(=O)c1ccccc1. The number of esters is 1. The zero-order chi connectivity index (χ0) is 19.9. The van der Waals surface area contributed by atoms with Crippen LogP contribution in [0.1, 0.15) is 32.1 Å². The van der Waals surface area contributed by atoms with Gasteiger partial charge in [-0.2, -0.15) is 10.2 Å². The minimum atomic E-state index is -0.484. The fraction of sp³-hybridized carbons (Fsp3) is 0.100. The standard InChI is InChI=1S/C20H18N4O4/c1-13-10-16(23-22-13)19(25)24-21-12-14-8-9-17(18(11-14)27-2)28-20(26)15-6-4-3-5-7-15/h3-12H,1-2H3,(H,22,23)(H,24,25)/b21-12+. The van der Waals surface area contributed by atoms with Crippen molar-refractivity contribution in [1.29, 1.82) is 0 Å². The van der Waals surface area contributed by atoms with Crippen molar-refractivity contribution in [3.63, 3.8) is 0 Å². The van der Waals surface area contributed by atoms with Crippen molar-refractivity contribution in [2.75, 3.05) is 7.11 Å². The molecule has 0 aliphatic heterocycles. The van der Waals surface area contributed by atoms with Gasteiger partial charge in [-0.3, -0.25) is 9.89 Å². The molecule has 0 aliphatic carbocycles. The molecule has 2 N–H and O–H groups in total. The molecule has 0 atom stereocenters. The number of hydrogen-bond acceptors (Lipinski definition) is 6. The van der Waals surface area contributed by atoms with Crippen LogP contribution in [0.4, 0.5) is 0 Å². The van der Waals surface area contributed by atoms with Crippen molar-refractivity contribution >= 4 is 18.1 Å². The summed E-state index contributed by atoms with van der Waals surface area (Å²) in [6.45, 7) is 1.80. The number of ether oxygens (including phenoxy) is 2. The van der Waals surface area contributed by atoms with Gasteiger partial charge in [-0.05, 0) is 48.9 Å². The number of rotatable bonds is 6. The average Bonchev–Trinajstić information content (AvgIpc) is 3.16. The second-order valence-electron chi connectivity index (χ2n) is 5.80. The number of aryl methyl sites for hydroxylation is 1. The lowest BCUT2D eigenvalue weighted by Crippen LogP contribution is -2.18. The van der Waals surface area contributed by atoms with Gasteiger partial charge in [0.15, 0.2) is 17.2 Å². The molecule has 1 aromatic heterocycles. The summed E-state index contributed by atoms with van der Waals surface area (Å²) >= 11 is 0. The van der Waals surface area contributed by atoms with E-state index in [1.807, 2.05) is 6.07 Å². The highest BCUT2D eigenvalue weighted by molar-refractivity contribution is 5.93. The summed E-state index contributed by atoms with van der Waals surface area (Å²) in [5.41, 5.74) is 4.50. The van der Waals surface area contributed by atoms with E-state index in [1.54, 1.807) is 55.5 Å². The number of carbonyl (C=O) groups is 2. The van der Waals surface area contributed by atoms with Gasteiger partial charge in [0.2, 0.25) is 0 Å². The maximum Gasteiger partial charge on any atom is 0.343 e. The smallest absolute Gasteiger partial charge is 0.343 e. The number of aromatic nitrogens is 2. The first-order valence-corrected chi connectivity index (χ1v) is 8.37. The minimum Gasteiger partial charge on any atom is -0.493 e. The van der Waals surface area contributed by atoms with Crippen molar-refractivity contribution in [2.45, 2.75) is 6.92 Å². The second kappa shape index (κ2) is 8.63. The predicted molar refractivity (Wildman–Crippen MR) is 103 cm³/mol. The lowest BCUT2D eigenvalue weighted by atomic mass is 10.2. The van der Waals surface area contributed by atoms with Crippen molar-refractivity contribution in [3.05, 3.63) is 77.1 Å². The van der Waals surface area contributed by atoms with Crippen LogP contribution < -0.4 is 14.9 Å². The quantitative estimate of drug-likeness (QED) is 0.297. The lowest BCUT2D eigenvalue weighted by Gasteiger charge is -2.09. The van der Waals surface area contributed by atoms with Gasteiger partial charge in [0, 0.05) is 5.69 Å². The number of nitrogens with zero attached hydrogens (tertiary/aromatic N) is 2. The van der Waals surface area contributed by atoms with Crippen LogP contribution in [0.2, 0.25) is 0 Å². The Morgan fingerprint density at radius 3 is 2.57 bits per heavy atom. The largest absolute Gasteiger partial charge is 0.493 e. The molecule has 2 aromatic carbocycles. The first kappa shape index (κ1) is 18.8. The molecule has 0 aliphatic rings. The van der Waals surface area contributed by atoms with Crippen LogP contribution in [0.5, 0.6) is 11.5 Å². The molecular formula is C20H18N4O4. The monoisotopic (exact) mass is 378 g/mol. The molecule has 1 amide bonds. The molecule has 3 aromatic rings. The van der Waals surface area contributed by atoms with E-state index >= 15 is 0 Å². The molecular weight excluding hydrogens is 360 g/mol. The van der Waals surface area contributed by atoms with Crippen molar-refractivity contribution in [1.82, 2.24) is 15.6 Å². The number of hydrazone groups is 1. The van der Waals surface area contributed by atoms with Crippen LogP contribution in [-0.4, -0.2) is 35.4 Å². The van der Waals surface area contributed by atoms with Crippen LogP contribution in [0, 0.1) is 6.92 Å². The van der Waals surface area contributed by atoms with E-state index in [-0.39, 0.29) is 11.4 Å². The Morgan fingerprint density at radius 1 is 1.11 bits per heavy atom. The summed E-state index contributed by atoms with van der Waals surface area (Å²) in [5.74, 6) is -0.269. The highest BCUT2D eigenvalue weighted by atomic mass is 16.6. The van der Waals surface area contributed by atoms with Gasteiger partial charge in [0.25, 0.3) is 5.91 Å². The number of nitrogens with one attached hydrogen (secondary N) is 2. The summed E-state index contributed by atoms with van der Waals surface area (Å²) in [4.78, 5) is 24.1. The minimum absolute atomic E-state index is 0.246. The maximum absolute atomic E-state index is 12.2. The highest BCUT2D eigenvalue weighted by Crippen LogP contribution is 2.28. The zero-order valence-electron chi connectivity index (χ0n) is 15.3. The second-order valence-corrected chi connectivity index (χ2v) is 5.80. The molecule has 0 spiro atoms. The molecule has 0 fully saturated rings. The van der Waals surface area contributed by atoms with E-state index in [0.29, 0.717) is 16.9 Å². The average molecular weight is 378 g/mol. The van der Waals surface area contributed by atoms with Crippen molar-refractivity contribution in [3.8, 4) is 11.5 Å². The molecule has 142 valence electrons. The number of H-pyrrole nitrogens is 1. The van der Waals surface area contributed by atoms with Gasteiger partial charge in [-0.15, -0.1) is 0 Å². The lowest BCUT2D eigenvalue weighted by molar-refractivity contribution is 0.0729.